The van der Waals surface area contributed by atoms with E-state index in [4.69, 9.17) is 14.0 Å². The summed E-state index contributed by atoms with van der Waals surface area (Å²) in [5, 5.41) is 4.11. The minimum Gasteiger partial charge on any atom is -0.373 e. The van der Waals surface area contributed by atoms with Crippen molar-refractivity contribution in [2.75, 3.05) is 32.8 Å². The monoisotopic (exact) mass is 349 g/mol. The van der Waals surface area contributed by atoms with E-state index in [0.717, 1.165) is 63.3 Å². The van der Waals surface area contributed by atoms with Crippen molar-refractivity contribution < 1.29 is 18.8 Å². The molecule has 3 aliphatic rings. The van der Waals surface area contributed by atoms with E-state index in [-0.39, 0.29) is 24.7 Å². The topological polar surface area (TPSA) is 68.0 Å². The summed E-state index contributed by atoms with van der Waals surface area (Å²) in [6.07, 6.45) is 4.26. The van der Waals surface area contributed by atoms with Crippen LogP contribution in [0.3, 0.4) is 0 Å². The van der Waals surface area contributed by atoms with Crippen LogP contribution >= 0.6 is 0 Å². The van der Waals surface area contributed by atoms with Gasteiger partial charge in [0.05, 0.1) is 24.5 Å². The minimum absolute atomic E-state index is 0.0124. The second kappa shape index (κ2) is 7.43. The number of carbonyl (C=O) groups is 1. The molecule has 2 saturated heterocycles. The number of aromatic nitrogens is 1. The lowest BCUT2D eigenvalue weighted by Gasteiger charge is -2.38. The van der Waals surface area contributed by atoms with E-state index in [1.54, 1.807) is 0 Å². The highest BCUT2D eigenvalue weighted by Crippen LogP contribution is 2.33. The third-order valence-corrected chi connectivity index (χ3v) is 5.57. The summed E-state index contributed by atoms with van der Waals surface area (Å²) in [4.78, 5) is 16.5. The van der Waals surface area contributed by atoms with Crippen LogP contribution in [0.2, 0.25) is 0 Å². The fourth-order valence-corrected chi connectivity index (χ4v) is 4.30. The van der Waals surface area contributed by atoms with Crippen molar-refractivity contribution in [2.45, 2.75) is 57.4 Å². The molecule has 3 atom stereocenters. The van der Waals surface area contributed by atoms with Gasteiger partial charge in [-0.15, -0.1) is 0 Å². The Kier molecular flexibility index (Phi) is 5.05. The summed E-state index contributed by atoms with van der Waals surface area (Å²) >= 11 is 0. The SMILES string of the molecule is Cc1cc(CN2CCO[C@H]3[C@H](OCC(=O)N4CCCC4)CC[C@@H]32)no1. The Bertz CT molecular complexity index is 599. The third-order valence-electron chi connectivity index (χ3n) is 5.57. The predicted molar refractivity (Wildman–Crippen MR) is 90.0 cm³/mol. The number of aryl methyl sites for hydroxylation is 1. The van der Waals surface area contributed by atoms with Gasteiger partial charge in [-0.05, 0) is 32.6 Å². The van der Waals surface area contributed by atoms with Crippen LogP contribution < -0.4 is 0 Å². The van der Waals surface area contributed by atoms with Crippen LogP contribution in [-0.2, 0) is 20.8 Å². The zero-order valence-corrected chi connectivity index (χ0v) is 14.9. The second-order valence-electron chi connectivity index (χ2n) is 7.32. The molecule has 3 heterocycles. The smallest absolute Gasteiger partial charge is 0.248 e. The highest BCUT2D eigenvalue weighted by Gasteiger charge is 2.43. The van der Waals surface area contributed by atoms with Gasteiger partial charge < -0.3 is 18.9 Å². The lowest BCUT2D eigenvalue weighted by atomic mass is 10.1. The molecule has 1 aromatic rings. The lowest BCUT2D eigenvalue weighted by molar-refractivity contribution is -0.145. The Morgan fingerprint density at radius 1 is 1.32 bits per heavy atom. The van der Waals surface area contributed by atoms with Gasteiger partial charge in [-0.25, -0.2) is 0 Å². The number of hydrogen-bond donors (Lipinski definition) is 0. The summed E-state index contributed by atoms with van der Waals surface area (Å²) in [7, 11) is 0. The molecule has 4 rings (SSSR count). The summed E-state index contributed by atoms with van der Waals surface area (Å²) in [6, 6.07) is 2.32. The molecule has 1 aliphatic carbocycles. The Morgan fingerprint density at radius 2 is 2.16 bits per heavy atom. The van der Waals surface area contributed by atoms with Gasteiger partial charge in [0.1, 0.15) is 12.4 Å². The summed E-state index contributed by atoms with van der Waals surface area (Å²) in [5.74, 6) is 0.958. The average molecular weight is 349 g/mol. The molecule has 0 unspecified atom stereocenters. The van der Waals surface area contributed by atoms with Crippen LogP contribution in [0.25, 0.3) is 0 Å². The molecule has 25 heavy (non-hydrogen) atoms. The highest BCUT2D eigenvalue weighted by molar-refractivity contribution is 5.77. The molecule has 7 nitrogen and oxygen atoms in total. The number of amides is 1. The van der Waals surface area contributed by atoms with Crippen LogP contribution in [0.4, 0.5) is 0 Å². The van der Waals surface area contributed by atoms with Crippen molar-refractivity contribution >= 4 is 5.91 Å². The van der Waals surface area contributed by atoms with E-state index in [9.17, 15) is 4.79 Å². The predicted octanol–water partition coefficient (Wildman–Crippen LogP) is 1.35. The van der Waals surface area contributed by atoms with Gasteiger partial charge in [0.2, 0.25) is 5.91 Å². The van der Waals surface area contributed by atoms with E-state index in [1.807, 2.05) is 17.9 Å². The first-order chi connectivity index (χ1) is 12.2. The number of carbonyl (C=O) groups excluding carboxylic acids is 1. The molecule has 7 heteroatoms. The zero-order valence-electron chi connectivity index (χ0n) is 14.9. The van der Waals surface area contributed by atoms with Crippen LogP contribution in [0.1, 0.15) is 37.1 Å². The maximum absolute atomic E-state index is 12.2. The maximum Gasteiger partial charge on any atom is 0.248 e. The zero-order chi connectivity index (χ0) is 17.2. The van der Waals surface area contributed by atoms with Crippen molar-refractivity contribution in [1.29, 1.82) is 0 Å². The quantitative estimate of drug-likeness (QED) is 0.799. The number of nitrogens with zero attached hydrogens (tertiary/aromatic N) is 3. The molecule has 0 radical (unpaired) electrons. The molecule has 1 saturated carbocycles. The Hall–Kier alpha value is -1.44. The average Bonchev–Trinajstić information content (AvgIpc) is 3.34. The van der Waals surface area contributed by atoms with Gasteiger partial charge in [-0.3, -0.25) is 9.69 Å². The summed E-state index contributed by atoms with van der Waals surface area (Å²) in [6.45, 7) is 6.21. The van der Waals surface area contributed by atoms with Crippen molar-refractivity contribution in [3.63, 3.8) is 0 Å². The maximum atomic E-state index is 12.2. The Morgan fingerprint density at radius 3 is 2.92 bits per heavy atom. The van der Waals surface area contributed by atoms with Crippen LogP contribution in [0, 0.1) is 6.92 Å². The molecule has 1 aromatic heterocycles. The minimum atomic E-state index is 0.0124. The van der Waals surface area contributed by atoms with Crippen LogP contribution in [0.15, 0.2) is 10.6 Å². The van der Waals surface area contributed by atoms with E-state index in [0.29, 0.717) is 12.6 Å². The van der Waals surface area contributed by atoms with E-state index >= 15 is 0 Å². The second-order valence-corrected chi connectivity index (χ2v) is 7.32. The van der Waals surface area contributed by atoms with Crippen molar-refractivity contribution in [3.8, 4) is 0 Å². The largest absolute Gasteiger partial charge is 0.373 e. The van der Waals surface area contributed by atoms with Crippen LogP contribution in [-0.4, -0.2) is 72.0 Å². The van der Waals surface area contributed by atoms with E-state index in [1.165, 1.54) is 0 Å². The van der Waals surface area contributed by atoms with Gasteiger partial charge in [-0.2, -0.15) is 0 Å². The molecule has 0 N–H and O–H groups in total. The first-order valence-electron chi connectivity index (χ1n) is 9.38. The van der Waals surface area contributed by atoms with E-state index in [2.05, 4.69) is 10.1 Å². The molecular formula is C18H27N3O4. The summed E-state index contributed by atoms with van der Waals surface area (Å²) in [5.41, 5.74) is 0.965. The number of morpholine rings is 1. The first kappa shape index (κ1) is 17.0. The first-order valence-corrected chi connectivity index (χ1v) is 9.38. The fraction of sp³-hybridized carbons (Fsp3) is 0.778. The molecule has 2 aliphatic heterocycles. The Labute approximate surface area is 148 Å². The number of rotatable bonds is 5. The molecule has 0 spiro atoms. The normalized spacial score (nSPS) is 30.0. The molecule has 1 amide bonds. The van der Waals surface area contributed by atoms with Gasteiger partial charge in [0.15, 0.2) is 0 Å². The van der Waals surface area contributed by atoms with Gasteiger partial charge in [0, 0.05) is 38.3 Å². The lowest BCUT2D eigenvalue weighted by Crippen LogP contribution is -2.51. The number of fused-ring (bicyclic) bond motifs is 1. The van der Waals surface area contributed by atoms with Gasteiger partial charge in [-0.1, -0.05) is 5.16 Å². The van der Waals surface area contributed by atoms with Crippen LogP contribution in [0.5, 0.6) is 0 Å². The molecule has 0 aromatic carbocycles. The molecular weight excluding hydrogens is 322 g/mol. The molecule has 0 bridgehead atoms. The fourth-order valence-electron chi connectivity index (χ4n) is 4.30. The van der Waals surface area contributed by atoms with Crippen molar-refractivity contribution in [1.82, 2.24) is 15.0 Å². The summed E-state index contributed by atoms with van der Waals surface area (Å²) < 4.78 is 17.2. The number of likely N-dealkylation sites (tertiary alicyclic amines) is 1. The highest BCUT2D eigenvalue weighted by atomic mass is 16.5. The van der Waals surface area contributed by atoms with Gasteiger partial charge in [0.25, 0.3) is 0 Å². The Balaban J connectivity index is 1.32. The molecule has 138 valence electrons. The van der Waals surface area contributed by atoms with Gasteiger partial charge >= 0.3 is 0 Å². The standard InChI is InChI=1S/C18H27N3O4/c1-13-10-14(19-25-13)11-21-8-9-23-18-15(21)4-5-16(18)24-12-17(22)20-6-2-3-7-20/h10,15-16,18H,2-9,11-12H2,1H3/t15-,16+,18+/m0/s1. The molecule has 3 fully saturated rings. The van der Waals surface area contributed by atoms with Crippen molar-refractivity contribution in [3.05, 3.63) is 17.5 Å². The third kappa shape index (κ3) is 3.73. The van der Waals surface area contributed by atoms with Crippen molar-refractivity contribution in [2.24, 2.45) is 0 Å². The number of ether oxygens (including phenoxy) is 2. The number of hydrogen-bond acceptors (Lipinski definition) is 6. The van der Waals surface area contributed by atoms with E-state index < -0.39 is 0 Å².